The van der Waals surface area contributed by atoms with Crippen molar-refractivity contribution in [2.24, 2.45) is 5.92 Å². The van der Waals surface area contributed by atoms with Crippen LogP contribution in [0, 0.1) is 11.7 Å². The number of hydrogen-bond donors (Lipinski definition) is 0. The number of nitrogens with zero attached hydrogens (tertiary/aromatic N) is 4. The third kappa shape index (κ3) is 4.30. The number of carbonyl (C=O) groups is 2. The van der Waals surface area contributed by atoms with E-state index in [1.54, 1.807) is 16.6 Å². The van der Waals surface area contributed by atoms with Crippen molar-refractivity contribution in [3.63, 3.8) is 0 Å². The molecule has 1 unspecified atom stereocenters. The van der Waals surface area contributed by atoms with Gasteiger partial charge >= 0.3 is 5.97 Å². The van der Waals surface area contributed by atoms with Gasteiger partial charge in [0.1, 0.15) is 11.5 Å². The zero-order chi connectivity index (χ0) is 25.9. The van der Waals surface area contributed by atoms with Crippen LogP contribution < -0.4 is 0 Å². The minimum absolute atomic E-state index is 0.00453. The largest absolute Gasteiger partial charge is 0.469 e. The summed E-state index contributed by atoms with van der Waals surface area (Å²) in [5.74, 6) is -0.869. The van der Waals surface area contributed by atoms with Crippen LogP contribution in [0.25, 0.3) is 16.9 Å². The van der Waals surface area contributed by atoms with Gasteiger partial charge in [-0.1, -0.05) is 25.8 Å². The van der Waals surface area contributed by atoms with Crippen molar-refractivity contribution >= 4 is 17.5 Å². The van der Waals surface area contributed by atoms with Crippen LogP contribution in [0.5, 0.6) is 0 Å². The normalized spacial score (nSPS) is 24.5. The fourth-order valence-corrected chi connectivity index (χ4v) is 5.76. The molecule has 0 radical (unpaired) electrons. The zero-order valence-corrected chi connectivity index (χ0v) is 21.7. The first-order chi connectivity index (χ1) is 17.8. The number of aromatic nitrogens is 3. The van der Waals surface area contributed by atoms with Crippen molar-refractivity contribution in [2.75, 3.05) is 13.7 Å². The summed E-state index contributed by atoms with van der Waals surface area (Å²) in [6, 6.07) is 8.94. The monoisotopic (exact) mass is 504 g/mol. The first-order valence-corrected chi connectivity index (χ1v) is 13.4. The smallest absolute Gasteiger partial charge is 0.309 e. The van der Waals surface area contributed by atoms with E-state index in [1.807, 2.05) is 17.0 Å². The number of hydrogen-bond acceptors (Lipinski definition) is 5. The summed E-state index contributed by atoms with van der Waals surface area (Å²) in [5, 5.41) is 4.75. The second kappa shape index (κ2) is 8.92. The van der Waals surface area contributed by atoms with E-state index in [4.69, 9.17) is 14.8 Å². The molecule has 1 amide bonds. The molecule has 8 heteroatoms. The van der Waals surface area contributed by atoms with Gasteiger partial charge in [-0.05, 0) is 68.7 Å². The van der Waals surface area contributed by atoms with E-state index in [1.165, 1.54) is 13.2 Å². The molecule has 1 saturated heterocycles. The SMILES string of the molecule is COC(=O)[C@@H]1CC1c1ccc(-c2cc3nc(C(=O)N4CCCCC[C@H]4C)cc(C4(C)CC4)n3n2)c(F)c1. The molecule has 3 heterocycles. The molecule has 1 aliphatic heterocycles. The van der Waals surface area contributed by atoms with Crippen molar-refractivity contribution in [3.8, 4) is 11.3 Å². The third-order valence-electron chi connectivity index (χ3n) is 8.57. The Kier molecular flexibility index (Phi) is 5.81. The van der Waals surface area contributed by atoms with Crippen LogP contribution in [-0.2, 0) is 14.9 Å². The van der Waals surface area contributed by atoms with Gasteiger partial charge in [-0.15, -0.1) is 0 Å². The van der Waals surface area contributed by atoms with Crippen molar-refractivity contribution in [1.29, 1.82) is 0 Å². The van der Waals surface area contributed by atoms with Crippen LogP contribution in [0.4, 0.5) is 4.39 Å². The van der Waals surface area contributed by atoms with Gasteiger partial charge in [-0.25, -0.2) is 13.9 Å². The molecule has 2 aliphatic carbocycles. The first kappa shape index (κ1) is 24.1. The van der Waals surface area contributed by atoms with Crippen molar-refractivity contribution in [1.82, 2.24) is 19.5 Å². The highest BCUT2D eigenvalue weighted by atomic mass is 19.1. The quantitative estimate of drug-likeness (QED) is 0.443. The molecule has 1 aromatic carbocycles. The first-order valence-electron chi connectivity index (χ1n) is 13.4. The molecule has 0 N–H and O–H groups in total. The van der Waals surface area contributed by atoms with Crippen molar-refractivity contribution < 1.29 is 18.7 Å². The Morgan fingerprint density at radius 3 is 2.68 bits per heavy atom. The van der Waals surface area contributed by atoms with E-state index >= 15 is 4.39 Å². The van der Waals surface area contributed by atoms with Gasteiger partial charge in [0.2, 0.25) is 0 Å². The Balaban J connectivity index is 1.36. The molecule has 3 fully saturated rings. The summed E-state index contributed by atoms with van der Waals surface area (Å²) in [6.45, 7) is 5.04. The number of halogens is 1. The predicted octanol–water partition coefficient (Wildman–Crippen LogP) is 5.27. The predicted molar refractivity (Wildman–Crippen MR) is 137 cm³/mol. The topological polar surface area (TPSA) is 76.8 Å². The van der Waals surface area contributed by atoms with Gasteiger partial charge in [-0.2, -0.15) is 5.10 Å². The minimum atomic E-state index is -0.384. The van der Waals surface area contributed by atoms with Crippen LogP contribution in [0.2, 0.25) is 0 Å². The Morgan fingerprint density at radius 1 is 1.14 bits per heavy atom. The highest BCUT2D eigenvalue weighted by Crippen LogP contribution is 2.49. The Morgan fingerprint density at radius 2 is 1.95 bits per heavy atom. The summed E-state index contributed by atoms with van der Waals surface area (Å²) in [6.07, 6.45) is 7.01. The lowest BCUT2D eigenvalue weighted by Crippen LogP contribution is -2.39. The number of esters is 1. The fourth-order valence-electron chi connectivity index (χ4n) is 5.76. The summed E-state index contributed by atoms with van der Waals surface area (Å²) in [5.41, 5.74) is 3.54. The molecule has 3 aromatic rings. The molecule has 0 bridgehead atoms. The van der Waals surface area contributed by atoms with Crippen molar-refractivity contribution in [3.05, 3.63) is 53.1 Å². The number of carbonyl (C=O) groups excluding carboxylic acids is 2. The van der Waals surface area contributed by atoms with Crippen LogP contribution in [-0.4, -0.2) is 51.1 Å². The Bertz CT molecular complexity index is 1400. The molecule has 194 valence electrons. The minimum Gasteiger partial charge on any atom is -0.469 e. The Hall–Kier alpha value is -3.29. The summed E-state index contributed by atoms with van der Waals surface area (Å²) in [7, 11) is 1.38. The van der Waals surface area contributed by atoms with Gasteiger partial charge in [0.25, 0.3) is 5.91 Å². The second-order valence-corrected chi connectivity index (χ2v) is 11.3. The average molecular weight is 505 g/mol. The standard InChI is InChI=1S/C29H33FN4O3/c1-17-7-5-4-6-12-33(17)27(35)24-15-25(29(2)10-11-29)34-26(31-24)16-23(32-34)19-9-8-18(13-22(19)30)20-14-21(20)28(36)37-3/h8-9,13,15-17,20-21H,4-7,10-12,14H2,1-3H3/t17-,20?,21-/m1/s1. The van der Waals surface area contributed by atoms with E-state index in [0.29, 0.717) is 29.0 Å². The lowest BCUT2D eigenvalue weighted by molar-refractivity contribution is -0.142. The summed E-state index contributed by atoms with van der Waals surface area (Å²) in [4.78, 5) is 32.1. The van der Waals surface area contributed by atoms with E-state index in [0.717, 1.165) is 56.3 Å². The fraction of sp³-hybridized carbons (Fsp3) is 0.517. The lowest BCUT2D eigenvalue weighted by atomic mass is 10.0. The summed E-state index contributed by atoms with van der Waals surface area (Å²) >= 11 is 0. The van der Waals surface area contributed by atoms with Crippen molar-refractivity contribution in [2.45, 2.75) is 76.2 Å². The maximum atomic E-state index is 15.3. The number of fused-ring (bicyclic) bond motifs is 1. The number of ether oxygens (including phenoxy) is 1. The number of amides is 1. The zero-order valence-electron chi connectivity index (χ0n) is 21.7. The third-order valence-corrected chi connectivity index (χ3v) is 8.57. The number of methoxy groups -OCH3 is 1. The Labute approximate surface area is 216 Å². The molecular weight excluding hydrogens is 471 g/mol. The summed E-state index contributed by atoms with van der Waals surface area (Å²) < 4.78 is 21.9. The number of rotatable bonds is 5. The molecule has 2 aromatic heterocycles. The van der Waals surface area contributed by atoms with Crippen LogP contribution >= 0.6 is 0 Å². The van der Waals surface area contributed by atoms with Crippen LogP contribution in [0.3, 0.4) is 0 Å². The van der Waals surface area contributed by atoms with Gasteiger partial charge in [0, 0.05) is 29.6 Å². The average Bonchev–Trinajstić information content (AvgIpc) is 3.81. The van der Waals surface area contributed by atoms with E-state index in [2.05, 4.69) is 13.8 Å². The van der Waals surface area contributed by atoms with Crippen LogP contribution in [0.15, 0.2) is 30.3 Å². The number of likely N-dealkylation sites (tertiary alicyclic amines) is 1. The van der Waals surface area contributed by atoms with Crippen LogP contribution in [0.1, 0.15) is 86.5 Å². The molecular formula is C29H33FN4O3. The molecule has 0 spiro atoms. The van der Waals surface area contributed by atoms with Gasteiger partial charge in [0.05, 0.1) is 24.4 Å². The highest BCUT2D eigenvalue weighted by Gasteiger charge is 2.45. The van der Waals surface area contributed by atoms with E-state index in [9.17, 15) is 9.59 Å². The van der Waals surface area contributed by atoms with Gasteiger partial charge < -0.3 is 9.64 Å². The van der Waals surface area contributed by atoms with Gasteiger partial charge in [0.15, 0.2) is 5.65 Å². The molecule has 37 heavy (non-hydrogen) atoms. The molecule has 3 atom stereocenters. The maximum Gasteiger partial charge on any atom is 0.309 e. The molecule has 6 rings (SSSR count). The molecule has 7 nitrogen and oxygen atoms in total. The maximum absolute atomic E-state index is 15.3. The van der Waals surface area contributed by atoms with Gasteiger partial charge in [-0.3, -0.25) is 9.59 Å². The highest BCUT2D eigenvalue weighted by molar-refractivity contribution is 5.93. The van der Waals surface area contributed by atoms with E-state index < -0.39 is 0 Å². The molecule has 2 saturated carbocycles. The number of benzene rings is 1. The second-order valence-electron chi connectivity index (χ2n) is 11.3. The lowest BCUT2D eigenvalue weighted by Gasteiger charge is -2.27. The molecule has 3 aliphatic rings. The van der Waals surface area contributed by atoms with E-state index in [-0.39, 0.29) is 41.0 Å².